The smallest absolute Gasteiger partial charge is 0.407 e. The van der Waals surface area contributed by atoms with Crippen molar-refractivity contribution in [2.45, 2.75) is 70.6 Å². The monoisotopic (exact) mass is 314 g/mol. The Morgan fingerprint density at radius 1 is 1.24 bits per heavy atom. The first-order valence-corrected chi connectivity index (χ1v) is 9.38. The Labute approximate surface area is 133 Å². The first-order valence-electron chi connectivity index (χ1n) is 8.23. The van der Waals surface area contributed by atoms with Crippen molar-refractivity contribution >= 4 is 17.9 Å². The van der Waals surface area contributed by atoms with E-state index in [1.165, 1.54) is 30.8 Å². The standard InChI is InChI=1S/C16H30N2O2S/c1-16(2,3)20-15(19)18-14-6-4-5-13(9-14)17-10-12-7-8-21-11-12/h12-14,17H,4-11H2,1-3H3,(H,18,19). The van der Waals surface area contributed by atoms with Crippen LogP contribution >= 0.6 is 11.8 Å². The van der Waals surface area contributed by atoms with Gasteiger partial charge in [-0.15, -0.1) is 0 Å². The molecule has 21 heavy (non-hydrogen) atoms. The molecule has 0 aromatic heterocycles. The fourth-order valence-corrected chi connectivity index (χ4v) is 4.34. The maximum Gasteiger partial charge on any atom is 0.407 e. The normalized spacial score (nSPS) is 30.1. The summed E-state index contributed by atoms with van der Waals surface area (Å²) >= 11 is 2.07. The average Bonchev–Trinajstić information content (AvgIpc) is 2.87. The van der Waals surface area contributed by atoms with Crippen LogP contribution in [0.5, 0.6) is 0 Å². The van der Waals surface area contributed by atoms with Gasteiger partial charge in [-0.3, -0.25) is 0 Å². The zero-order valence-corrected chi connectivity index (χ0v) is 14.4. The predicted octanol–water partition coefficient (Wildman–Crippen LogP) is 3.17. The second-order valence-electron chi connectivity index (χ2n) is 7.34. The van der Waals surface area contributed by atoms with Gasteiger partial charge in [0.1, 0.15) is 5.60 Å². The van der Waals surface area contributed by atoms with Crippen molar-refractivity contribution in [3.63, 3.8) is 0 Å². The zero-order chi connectivity index (χ0) is 15.3. The fourth-order valence-electron chi connectivity index (χ4n) is 3.06. The summed E-state index contributed by atoms with van der Waals surface area (Å²) < 4.78 is 5.34. The Kier molecular flexibility index (Phi) is 6.23. The molecular weight excluding hydrogens is 284 g/mol. The van der Waals surface area contributed by atoms with Crippen molar-refractivity contribution in [2.24, 2.45) is 5.92 Å². The lowest BCUT2D eigenvalue weighted by Gasteiger charge is -2.31. The highest BCUT2D eigenvalue weighted by molar-refractivity contribution is 7.99. The van der Waals surface area contributed by atoms with Gasteiger partial charge in [-0.25, -0.2) is 4.79 Å². The minimum Gasteiger partial charge on any atom is -0.444 e. The third kappa shape index (κ3) is 6.47. The van der Waals surface area contributed by atoms with E-state index in [0.29, 0.717) is 6.04 Å². The molecule has 0 aromatic rings. The summed E-state index contributed by atoms with van der Waals surface area (Å²) in [7, 11) is 0. The van der Waals surface area contributed by atoms with Gasteiger partial charge in [-0.2, -0.15) is 11.8 Å². The zero-order valence-electron chi connectivity index (χ0n) is 13.6. The SMILES string of the molecule is CC(C)(C)OC(=O)NC1CCCC(NCC2CCSC2)C1. The van der Waals surface area contributed by atoms with E-state index in [1.807, 2.05) is 20.8 Å². The maximum atomic E-state index is 11.8. The Bertz CT molecular complexity index is 338. The molecule has 1 aliphatic heterocycles. The van der Waals surface area contributed by atoms with E-state index in [9.17, 15) is 4.79 Å². The van der Waals surface area contributed by atoms with Crippen LogP contribution < -0.4 is 10.6 Å². The molecule has 0 spiro atoms. The summed E-state index contributed by atoms with van der Waals surface area (Å²) in [6.45, 7) is 6.84. The number of alkyl carbamates (subject to hydrolysis) is 1. The number of carbonyl (C=O) groups is 1. The van der Waals surface area contributed by atoms with Gasteiger partial charge in [-0.05, 0) is 76.8 Å². The van der Waals surface area contributed by atoms with Gasteiger partial charge >= 0.3 is 6.09 Å². The maximum absolute atomic E-state index is 11.8. The molecule has 2 rings (SSSR count). The van der Waals surface area contributed by atoms with E-state index >= 15 is 0 Å². The Balaban J connectivity index is 1.68. The summed E-state index contributed by atoms with van der Waals surface area (Å²) in [5.41, 5.74) is -0.420. The Morgan fingerprint density at radius 2 is 2.00 bits per heavy atom. The van der Waals surface area contributed by atoms with Crippen molar-refractivity contribution in [3.8, 4) is 0 Å². The molecular formula is C16H30N2O2S. The summed E-state index contributed by atoms with van der Waals surface area (Å²) in [5, 5.41) is 6.74. The van der Waals surface area contributed by atoms with Crippen molar-refractivity contribution < 1.29 is 9.53 Å². The quantitative estimate of drug-likeness (QED) is 0.837. The largest absolute Gasteiger partial charge is 0.444 e. The lowest BCUT2D eigenvalue weighted by atomic mass is 9.90. The average molecular weight is 314 g/mol. The van der Waals surface area contributed by atoms with E-state index in [4.69, 9.17) is 4.74 Å². The molecule has 0 radical (unpaired) electrons. The van der Waals surface area contributed by atoms with Gasteiger partial charge in [0.05, 0.1) is 0 Å². The molecule has 2 N–H and O–H groups in total. The summed E-state index contributed by atoms with van der Waals surface area (Å²) in [5.74, 6) is 3.47. The van der Waals surface area contributed by atoms with E-state index in [0.717, 1.165) is 25.3 Å². The van der Waals surface area contributed by atoms with Gasteiger partial charge in [0.2, 0.25) is 0 Å². The number of thioether (sulfide) groups is 1. The molecule has 1 aliphatic carbocycles. The van der Waals surface area contributed by atoms with Crippen LogP contribution in [0.15, 0.2) is 0 Å². The third-order valence-corrected chi connectivity index (χ3v) is 5.35. The van der Waals surface area contributed by atoms with Crippen LogP contribution in [0.4, 0.5) is 4.79 Å². The van der Waals surface area contributed by atoms with E-state index < -0.39 is 5.60 Å². The predicted molar refractivity (Wildman–Crippen MR) is 88.8 cm³/mol. The topological polar surface area (TPSA) is 50.4 Å². The number of amides is 1. The molecule has 0 bridgehead atoms. The lowest BCUT2D eigenvalue weighted by molar-refractivity contribution is 0.0488. The van der Waals surface area contributed by atoms with Crippen LogP contribution in [0.25, 0.3) is 0 Å². The first-order chi connectivity index (χ1) is 9.92. The molecule has 0 aromatic carbocycles. The highest BCUT2D eigenvalue weighted by atomic mass is 32.2. The van der Waals surface area contributed by atoms with Gasteiger partial charge in [0, 0.05) is 12.1 Å². The molecule has 3 atom stereocenters. The van der Waals surface area contributed by atoms with Crippen LogP contribution in [-0.2, 0) is 4.74 Å². The van der Waals surface area contributed by atoms with Crippen LogP contribution in [0.3, 0.4) is 0 Å². The molecule has 2 fully saturated rings. The van der Waals surface area contributed by atoms with Crippen LogP contribution in [0.2, 0.25) is 0 Å². The number of carbonyl (C=O) groups excluding carboxylic acids is 1. The number of nitrogens with one attached hydrogen (secondary N) is 2. The Hall–Kier alpha value is -0.420. The minimum absolute atomic E-state index is 0.254. The van der Waals surface area contributed by atoms with Crippen molar-refractivity contribution in [1.82, 2.24) is 10.6 Å². The molecule has 1 saturated heterocycles. The van der Waals surface area contributed by atoms with Crippen molar-refractivity contribution in [3.05, 3.63) is 0 Å². The number of hydrogen-bond donors (Lipinski definition) is 2. The molecule has 1 amide bonds. The number of ether oxygens (including phenoxy) is 1. The van der Waals surface area contributed by atoms with E-state index in [1.54, 1.807) is 0 Å². The van der Waals surface area contributed by atoms with Gasteiger partial charge in [0.15, 0.2) is 0 Å². The second-order valence-corrected chi connectivity index (χ2v) is 8.49. The van der Waals surface area contributed by atoms with Gasteiger partial charge < -0.3 is 15.4 Å². The molecule has 122 valence electrons. The minimum atomic E-state index is -0.420. The van der Waals surface area contributed by atoms with Crippen molar-refractivity contribution in [2.75, 3.05) is 18.1 Å². The lowest BCUT2D eigenvalue weighted by Crippen LogP contribution is -2.46. The van der Waals surface area contributed by atoms with Gasteiger partial charge in [-0.1, -0.05) is 0 Å². The van der Waals surface area contributed by atoms with E-state index in [-0.39, 0.29) is 12.1 Å². The Morgan fingerprint density at radius 3 is 2.67 bits per heavy atom. The molecule has 4 nitrogen and oxygen atoms in total. The molecule has 1 heterocycles. The highest BCUT2D eigenvalue weighted by Crippen LogP contribution is 2.24. The molecule has 5 heteroatoms. The van der Waals surface area contributed by atoms with Crippen LogP contribution in [-0.4, -0.2) is 41.8 Å². The van der Waals surface area contributed by atoms with Crippen LogP contribution in [0.1, 0.15) is 52.9 Å². The van der Waals surface area contributed by atoms with Crippen molar-refractivity contribution in [1.29, 1.82) is 0 Å². The molecule has 3 unspecified atom stereocenters. The highest BCUT2D eigenvalue weighted by Gasteiger charge is 2.26. The number of rotatable bonds is 4. The van der Waals surface area contributed by atoms with Gasteiger partial charge in [0.25, 0.3) is 0 Å². The molecule has 1 saturated carbocycles. The van der Waals surface area contributed by atoms with E-state index in [2.05, 4.69) is 22.4 Å². The van der Waals surface area contributed by atoms with Crippen LogP contribution in [0, 0.1) is 5.92 Å². The molecule has 2 aliphatic rings. The fraction of sp³-hybridized carbons (Fsp3) is 0.938. The third-order valence-electron chi connectivity index (χ3n) is 4.11. The number of hydrogen-bond acceptors (Lipinski definition) is 4. The summed E-state index contributed by atoms with van der Waals surface area (Å²) in [6, 6.07) is 0.799. The second kappa shape index (κ2) is 7.73. The summed E-state index contributed by atoms with van der Waals surface area (Å²) in [4.78, 5) is 11.8. The first kappa shape index (κ1) is 16.9. The summed E-state index contributed by atoms with van der Waals surface area (Å²) in [6.07, 6.45) is 5.57.